The molecule has 0 N–H and O–H groups in total. The molecule has 118 valence electrons. The van der Waals surface area contributed by atoms with Crippen LogP contribution >= 0.6 is 0 Å². The van der Waals surface area contributed by atoms with Crippen molar-refractivity contribution >= 4 is 5.91 Å². The number of allylic oxidation sites excluding steroid dienone is 2. The number of carbonyl (C=O) groups excluding carboxylic acids is 1. The Morgan fingerprint density at radius 1 is 1.14 bits per heavy atom. The molecule has 3 heteroatoms. The minimum Gasteiger partial charge on any atom is -0.494 e. The normalized spacial score (nSPS) is 23.4. The summed E-state index contributed by atoms with van der Waals surface area (Å²) in [6, 6.07) is 8.05. The molecule has 3 rings (SSSR count). The van der Waals surface area contributed by atoms with Crippen molar-refractivity contribution in [3.8, 4) is 5.75 Å². The van der Waals surface area contributed by atoms with Gasteiger partial charge in [-0.3, -0.25) is 4.79 Å². The third-order valence-electron chi connectivity index (χ3n) is 4.80. The lowest BCUT2D eigenvalue weighted by atomic mass is 9.86. The highest BCUT2D eigenvalue weighted by Gasteiger charge is 2.34. The van der Waals surface area contributed by atoms with Crippen LogP contribution in [0, 0.1) is 18.8 Å². The van der Waals surface area contributed by atoms with Gasteiger partial charge in [-0.05, 0) is 50.2 Å². The van der Waals surface area contributed by atoms with Gasteiger partial charge in [-0.2, -0.15) is 0 Å². The Morgan fingerprint density at radius 3 is 2.41 bits per heavy atom. The second-order valence-electron chi connectivity index (χ2n) is 6.53. The summed E-state index contributed by atoms with van der Waals surface area (Å²) in [5, 5.41) is 0. The van der Waals surface area contributed by atoms with Gasteiger partial charge in [0.25, 0.3) is 0 Å². The molecule has 0 radical (unpaired) electrons. The summed E-state index contributed by atoms with van der Waals surface area (Å²) in [5.74, 6) is 2.56. The first-order chi connectivity index (χ1) is 10.7. The topological polar surface area (TPSA) is 29.5 Å². The number of aryl methyl sites for hydroxylation is 1. The zero-order valence-electron chi connectivity index (χ0n) is 13.3. The summed E-state index contributed by atoms with van der Waals surface area (Å²) in [6.07, 6.45) is 8.21. The standard InChI is InChI=1S/C19H25NO2/c1-15-8-10-18(11-9-15)22-12-4-7-19(21)20-13-16-5-2-3-6-17(16)14-20/h2-3,8-11,16-17H,4-7,12-14H2,1H3. The second-order valence-corrected chi connectivity index (χ2v) is 6.53. The van der Waals surface area contributed by atoms with E-state index in [1.54, 1.807) is 0 Å². The van der Waals surface area contributed by atoms with Gasteiger partial charge >= 0.3 is 0 Å². The summed E-state index contributed by atoms with van der Waals surface area (Å²) in [6.45, 7) is 4.57. The van der Waals surface area contributed by atoms with Crippen LogP contribution in [0.1, 0.15) is 31.2 Å². The van der Waals surface area contributed by atoms with Crippen LogP contribution in [0.2, 0.25) is 0 Å². The molecule has 0 saturated carbocycles. The highest BCUT2D eigenvalue weighted by molar-refractivity contribution is 5.76. The number of ether oxygens (including phenoxy) is 1. The van der Waals surface area contributed by atoms with Crippen molar-refractivity contribution < 1.29 is 9.53 Å². The molecule has 1 saturated heterocycles. The summed E-state index contributed by atoms with van der Waals surface area (Å²) < 4.78 is 5.69. The average Bonchev–Trinajstić information content (AvgIpc) is 2.97. The number of hydrogen-bond acceptors (Lipinski definition) is 2. The number of fused-ring (bicyclic) bond motifs is 1. The fraction of sp³-hybridized carbons (Fsp3) is 0.526. The van der Waals surface area contributed by atoms with Gasteiger partial charge in [0.15, 0.2) is 0 Å². The molecule has 1 aromatic carbocycles. The van der Waals surface area contributed by atoms with E-state index in [1.165, 1.54) is 5.56 Å². The van der Waals surface area contributed by atoms with Crippen molar-refractivity contribution in [1.29, 1.82) is 0 Å². The van der Waals surface area contributed by atoms with Crippen molar-refractivity contribution in [2.75, 3.05) is 19.7 Å². The second kappa shape index (κ2) is 6.99. The van der Waals surface area contributed by atoms with Gasteiger partial charge in [0.1, 0.15) is 5.75 Å². The zero-order chi connectivity index (χ0) is 15.4. The molecule has 0 spiro atoms. The Kier molecular flexibility index (Phi) is 4.81. The van der Waals surface area contributed by atoms with Crippen LogP contribution in [-0.4, -0.2) is 30.5 Å². The third kappa shape index (κ3) is 3.70. The zero-order valence-corrected chi connectivity index (χ0v) is 13.3. The molecule has 22 heavy (non-hydrogen) atoms. The highest BCUT2D eigenvalue weighted by Crippen LogP contribution is 2.33. The first kappa shape index (κ1) is 15.1. The third-order valence-corrected chi connectivity index (χ3v) is 4.80. The van der Waals surface area contributed by atoms with Crippen molar-refractivity contribution in [3.05, 3.63) is 42.0 Å². The van der Waals surface area contributed by atoms with E-state index in [1.807, 2.05) is 24.3 Å². The summed E-state index contributed by atoms with van der Waals surface area (Å²) in [4.78, 5) is 14.4. The first-order valence-electron chi connectivity index (χ1n) is 8.34. The molecule has 1 heterocycles. The lowest BCUT2D eigenvalue weighted by Crippen LogP contribution is -2.29. The monoisotopic (exact) mass is 299 g/mol. The van der Waals surface area contributed by atoms with Gasteiger partial charge in [-0.25, -0.2) is 0 Å². The number of amides is 1. The molecule has 1 aromatic rings. The van der Waals surface area contributed by atoms with Crippen molar-refractivity contribution in [2.24, 2.45) is 11.8 Å². The van der Waals surface area contributed by atoms with Crippen molar-refractivity contribution in [1.82, 2.24) is 4.90 Å². The Balaban J connectivity index is 1.37. The van der Waals surface area contributed by atoms with E-state index < -0.39 is 0 Å². The molecule has 1 aliphatic carbocycles. The molecule has 1 amide bonds. The molecule has 3 nitrogen and oxygen atoms in total. The van der Waals surface area contributed by atoms with Crippen LogP contribution in [0.15, 0.2) is 36.4 Å². The minimum absolute atomic E-state index is 0.293. The molecule has 2 unspecified atom stereocenters. The average molecular weight is 299 g/mol. The summed E-state index contributed by atoms with van der Waals surface area (Å²) >= 11 is 0. The van der Waals surface area contributed by atoms with E-state index in [2.05, 4.69) is 24.0 Å². The maximum absolute atomic E-state index is 12.3. The van der Waals surface area contributed by atoms with Gasteiger partial charge in [0.2, 0.25) is 5.91 Å². The fourth-order valence-electron chi connectivity index (χ4n) is 3.42. The summed E-state index contributed by atoms with van der Waals surface area (Å²) in [5.41, 5.74) is 1.23. The van der Waals surface area contributed by atoms with Crippen LogP contribution in [0.5, 0.6) is 5.75 Å². The minimum atomic E-state index is 0.293. The Morgan fingerprint density at radius 2 is 1.77 bits per heavy atom. The van der Waals surface area contributed by atoms with Crippen LogP contribution in [0.25, 0.3) is 0 Å². The van der Waals surface area contributed by atoms with Crippen molar-refractivity contribution in [3.63, 3.8) is 0 Å². The van der Waals surface area contributed by atoms with Gasteiger partial charge in [-0.15, -0.1) is 0 Å². The fourth-order valence-corrected chi connectivity index (χ4v) is 3.42. The van der Waals surface area contributed by atoms with Gasteiger partial charge in [0.05, 0.1) is 6.61 Å². The number of hydrogen-bond donors (Lipinski definition) is 0. The highest BCUT2D eigenvalue weighted by atomic mass is 16.5. The Bertz CT molecular complexity index is 519. The number of rotatable bonds is 5. The Hall–Kier alpha value is -1.77. The van der Waals surface area contributed by atoms with E-state index >= 15 is 0 Å². The largest absolute Gasteiger partial charge is 0.494 e. The predicted octanol–water partition coefficient (Wildman–Crippen LogP) is 3.58. The van der Waals surface area contributed by atoms with E-state index in [0.717, 1.165) is 38.1 Å². The molecular formula is C19H25NO2. The van der Waals surface area contributed by atoms with E-state index in [9.17, 15) is 4.79 Å². The van der Waals surface area contributed by atoms with E-state index in [4.69, 9.17) is 4.74 Å². The van der Waals surface area contributed by atoms with E-state index in [-0.39, 0.29) is 0 Å². The van der Waals surface area contributed by atoms with Gasteiger partial charge in [0, 0.05) is 19.5 Å². The molecule has 0 bridgehead atoms. The van der Waals surface area contributed by atoms with Crippen LogP contribution in [-0.2, 0) is 4.79 Å². The SMILES string of the molecule is Cc1ccc(OCCCC(=O)N2CC3CC=CCC3C2)cc1. The molecular weight excluding hydrogens is 274 g/mol. The molecule has 0 aromatic heterocycles. The van der Waals surface area contributed by atoms with E-state index in [0.29, 0.717) is 30.8 Å². The van der Waals surface area contributed by atoms with Crippen molar-refractivity contribution in [2.45, 2.75) is 32.6 Å². The van der Waals surface area contributed by atoms with Crippen LogP contribution < -0.4 is 4.74 Å². The van der Waals surface area contributed by atoms with Gasteiger partial charge in [-0.1, -0.05) is 29.8 Å². The summed E-state index contributed by atoms with van der Waals surface area (Å²) in [7, 11) is 0. The van der Waals surface area contributed by atoms with Crippen LogP contribution in [0.4, 0.5) is 0 Å². The molecule has 1 aliphatic heterocycles. The number of benzene rings is 1. The maximum atomic E-state index is 12.3. The number of nitrogens with zero attached hydrogens (tertiary/aromatic N) is 1. The maximum Gasteiger partial charge on any atom is 0.222 e. The lowest BCUT2D eigenvalue weighted by Gasteiger charge is -2.17. The van der Waals surface area contributed by atoms with Gasteiger partial charge < -0.3 is 9.64 Å². The Labute approximate surface area is 133 Å². The smallest absolute Gasteiger partial charge is 0.222 e. The number of likely N-dealkylation sites (tertiary alicyclic amines) is 1. The molecule has 2 atom stereocenters. The molecule has 1 fully saturated rings. The first-order valence-corrected chi connectivity index (χ1v) is 8.34. The molecule has 2 aliphatic rings. The van der Waals surface area contributed by atoms with Crippen LogP contribution in [0.3, 0.4) is 0 Å². The number of carbonyl (C=O) groups is 1. The predicted molar refractivity (Wildman–Crippen MR) is 87.8 cm³/mol. The lowest BCUT2D eigenvalue weighted by molar-refractivity contribution is -0.130. The quantitative estimate of drug-likeness (QED) is 0.614.